The second-order valence-corrected chi connectivity index (χ2v) is 11.6. The van der Waals surface area contributed by atoms with Gasteiger partial charge in [0.1, 0.15) is 34.0 Å². The Morgan fingerprint density at radius 1 is 0.610 bits per heavy atom. The van der Waals surface area contributed by atoms with Crippen molar-refractivity contribution in [2.75, 3.05) is 11.1 Å². The summed E-state index contributed by atoms with van der Waals surface area (Å²) in [5, 5.41) is 20.1. The molecule has 2 heterocycles. The predicted octanol–water partition coefficient (Wildman–Crippen LogP) is 9.74. The van der Waals surface area contributed by atoms with Crippen LogP contribution >= 0.6 is 61.8 Å². The Bertz CT molecular complexity index is 1530. The molecule has 0 atom stereocenters. The monoisotopic (exact) mass is 686 g/mol. The van der Waals surface area contributed by atoms with Gasteiger partial charge in [-0.15, -0.1) is 20.4 Å². The van der Waals surface area contributed by atoms with Crippen LogP contribution in [0.1, 0.15) is 0 Å². The van der Waals surface area contributed by atoms with E-state index < -0.39 is 0 Å². The van der Waals surface area contributed by atoms with Crippen LogP contribution in [0, 0.1) is 0 Å². The second kappa shape index (κ2) is 15.9. The van der Waals surface area contributed by atoms with E-state index >= 15 is 0 Å². The molecule has 41 heavy (non-hydrogen) atoms. The van der Waals surface area contributed by atoms with Gasteiger partial charge < -0.3 is 20.5 Å². The van der Waals surface area contributed by atoms with Crippen molar-refractivity contribution in [2.24, 2.45) is 0 Å². The molecule has 3 N–H and O–H groups in total. The predicted molar refractivity (Wildman–Crippen MR) is 171 cm³/mol. The normalized spacial score (nSPS) is 9.93. The molecule has 0 aliphatic rings. The van der Waals surface area contributed by atoms with E-state index in [-0.39, 0.29) is 0 Å². The fraction of sp³-hybridized carbons (Fsp3) is 0. The van der Waals surface area contributed by atoms with Crippen LogP contribution in [0.5, 0.6) is 23.0 Å². The molecule has 6 rings (SSSR count). The lowest BCUT2D eigenvalue weighted by Crippen LogP contribution is -1.90. The quantitative estimate of drug-likeness (QED) is 0.167. The highest BCUT2D eigenvalue weighted by Crippen LogP contribution is 2.26. The highest BCUT2D eigenvalue weighted by molar-refractivity contribution is 9.11. The topological polar surface area (TPSA) is 108 Å². The van der Waals surface area contributed by atoms with Gasteiger partial charge in [-0.05, 0) is 113 Å². The molecule has 0 saturated carbocycles. The van der Waals surface area contributed by atoms with Gasteiger partial charge >= 0.3 is 0 Å². The van der Waals surface area contributed by atoms with Crippen molar-refractivity contribution < 1.29 is 9.47 Å². The van der Waals surface area contributed by atoms with Gasteiger partial charge in [-0.1, -0.05) is 45.9 Å². The van der Waals surface area contributed by atoms with Crippen molar-refractivity contribution in [3.63, 3.8) is 0 Å². The molecule has 0 aliphatic carbocycles. The molecule has 0 unspecified atom stereocenters. The van der Waals surface area contributed by atoms with Crippen molar-refractivity contribution in [3.05, 3.63) is 122 Å². The number of hydrogen-bond donors (Lipinski definition) is 2. The number of nitrogens with two attached hydrogens (primary N) is 1. The van der Waals surface area contributed by atoms with Crippen molar-refractivity contribution in [2.45, 2.75) is 0 Å². The summed E-state index contributed by atoms with van der Waals surface area (Å²) in [5.41, 5.74) is 10.6. The largest absolute Gasteiger partial charge is 0.457 e. The van der Waals surface area contributed by atoms with E-state index in [1.807, 2.05) is 60.7 Å². The molecule has 4 aromatic carbocycles. The fourth-order valence-corrected chi connectivity index (χ4v) is 4.27. The molecule has 8 nitrogen and oxygen atoms in total. The third kappa shape index (κ3) is 11.0. The summed E-state index contributed by atoms with van der Waals surface area (Å²) in [6, 6.07) is 29.3. The molecule has 0 aliphatic heterocycles. The number of nitrogen functional groups attached to an aromatic ring is 1. The molecule has 208 valence electrons. The Morgan fingerprint density at radius 3 is 1.44 bits per heavy atom. The molecule has 0 fully saturated rings. The van der Waals surface area contributed by atoms with Crippen LogP contribution in [-0.4, -0.2) is 20.4 Å². The zero-order valence-corrected chi connectivity index (χ0v) is 25.8. The average Bonchev–Trinajstić information content (AvgIpc) is 3.68. The Morgan fingerprint density at radius 2 is 1.05 bits per heavy atom. The van der Waals surface area contributed by atoms with Crippen molar-refractivity contribution in [3.8, 4) is 23.0 Å². The third-order valence-corrected chi connectivity index (χ3v) is 7.08. The summed E-state index contributed by atoms with van der Waals surface area (Å²) in [6.07, 6.45) is 0. The van der Waals surface area contributed by atoms with Crippen molar-refractivity contribution >= 4 is 78.3 Å². The molecular weight excluding hydrogens is 667 g/mol. The number of rotatable bonds is 6. The first-order chi connectivity index (χ1) is 19.9. The summed E-state index contributed by atoms with van der Waals surface area (Å²) in [7, 11) is 0. The average molecular weight is 688 g/mol. The highest BCUT2D eigenvalue weighted by atomic mass is 79.9. The number of ether oxygens (including phenoxy) is 2. The number of hydrogen-bond acceptors (Lipinski definition) is 10. The van der Waals surface area contributed by atoms with Gasteiger partial charge in [0, 0.05) is 21.4 Å². The van der Waals surface area contributed by atoms with Crippen molar-refractivity contribution in [1.82, 2.24) is 20.4 Å². The summed E-state index contributed by atoms with van der Waals surface area (Å²) >= 11 is 17.6. The summed E-state index contributed by atoms with van der Waals surface area (Å²) in [6.45, 7) is 0. The number of halogens is 3. The van der Waals surface area contributed by atoms with E-state index in [1.165, 1.54) is 22.7 Å². The van der Waals surface area contributed by atoms with Gasteiger partial charge in [-0.3, -0.25) is 0 Å². The maximum atomic E-state index is 5.83. The van der Waals surface area contributed by atoms with Gasteiger partial charge in [0.2, 0.25) is 5.13 Å². The highest BCUT2D eigenvalue weighted by Gasteiger charge is 2.01. The lowest BCUT2D eigenvalue weighted by molar-refractivity contribution is 0.482. The van der Waals surface area contributed by atoms with E-state index in [9.17, 15) is 0 Å². The van der Waals surface area contributed by atoms with Crippen LogP contribution in [0.25, 0.3) is 0 Å². The Kier molecular flexibility index (Phi) is 11.7. The third-order valence-electron chi connectivity index (χ3n) is 4.78. The van der Waals surface area contributed by atoms with Crippen LogP contribution in [0.4, 0.5) is 16.5 Å². The van der Waals surface area contributed by atoms with Gasteiger partial charge in [0.15, 0.2) is 3.92 Å². The first-order valence-corrected chi connectivity index (χ1v) is 15.0. The number of aromatic nitrogens is 4. The van der Waals surface area contributed by atoms with E-state index in [1.54, 1.807) is 47.4 Å². The number of anilines is 3. The number of nitrogens with zero attached hydrogens (tertiary/aromatic N) is 4. The van der Waals surface area contributed by atoms with Gasteiger partial charge in [0.05, 0.1) is 0 Å². The number of benzene rings is 4. The molecule has 0 amide bonds. The van der Waals surface area contributed by atoms with E-state index in [2.05, 4.69) is 41.6 Å². The zero-order valence-electron chi connectivity index (χ0n) is 21.0. The molecule has 0 saturated heterocycles. The smallest absolute Gasteiger partial charge is 0.209 e. The summed E-state index contributed by atoms with van der Waals surface area (Å²) in [5.74, 6) is 3.02. The van der Waals surface area contributed by atoms with E-state index in [0.717, 1.165) is 43.4 Å². The van der Waals surface area contributed by atoms with E-state index in [4.69, 9.17) is 38.4 Å². The van der Waals surface area contributed by atoms with Gasteiger partial charge in [0.25, 0.3) is 0 Å². The zero-order chi connectivity index (χ0) is 28.9. The molecular formula is C28H21BrCl2N6O2S2. The molecule has 0 radical (unpaired) electrons. The first kappa shape index (κ1) is 30.2. The first-order valence-electron chi connectivity index (χ1n) is 11.7. The van der Waals surface area contributed by atoms with E-state index in [0.29, 0.717) is 10.0 Å². The molecule has 0 spiro atoms. The Balaban J connectivity index is 0.000000161. The lowest BCUT2D eigenvalue weighted by atomic mass is 10.3. The maximum Gasteiger partial charge on any atom is 0.209 e. The number of nitrogens with one attached hydrogen (secondary N) is 1. The minimum absolute atomic E-state index is 0.689. The van der Waals surface area contributed by atoms with Gasteiger partial charge in [-0.25, -0.2) is 0 Å². The van der Waals surface area contributed by atoms with Crippen LogP contribution in [0.2, 0.25) is 10.0 Å². The maximum absolute atomic E-state index is 5.83. The Labute approximate surface area is 262 Å². The van der Waals surface area contributed by atoms with Gasteiger partial charge in [-0.2, -0.15) is 0 Å². The molecule has 13 heteroatoms. The van der Waals surface area contributed by atoms with Crippen LogP contribution < -0.4 is 20.5 Å². The molecule has 2 aromatic heterocycles. The summed E-state index contributed by atoms with van der Waals surface area (Å²) < 4.78 is 12.1. The van der Waals surface area contributed by atoms with Crippen molar-refractivity contribution in [1.29, 1.82) is 0 Å². The minimum atomic E-state index is 0.689. The minimum Gasteiger partial charge on any atom is -0.457 e. The summed E-state index contributed by atoms with van der Waals surface area (Å²) in [4.78, 5) is 0. The van der Waals surface area contributed by atoms with Crippen LogP contribution in [-0.2, 0) is 0 Å². The van der Waals surface area contributed by atoms with Crippen LogP contribution in [0.3, 0.4) is 0 Å². The SMILES string of the molecule is Brc1nncs1.Clc1ccc(Oc2ccc(Nc3nncs3)cc2)cc1.Nc1ccc(Oc2ccc(Cl)cc2)cc1. The molecule has 0 bridgehead atoms. The van der Waals surface area contributed by atoms with Crippen LogP contribution in [0.15, 0.2) is 112 Å². The molecule has 6 aromatic rings. The standard InChI is InChI=1S/C14H10ClN3OS.C12H10ClNO.C2HBrN2S/c15-10-1-5-12(6-2-10)19-13-7-3-11(4-8-13)17-14-18-16-9-20-14;13-9-1-5-11(6-2-9)15-12-7-3-10(14)4-8-12;3-2-5-4-1-6-2/h1-9H,(H,17,18);1-8H,14H2;1H. The Hall–Kier alpha value is -3.74. The second-order valence-electron chi connectivity index (χ2n) is 7.77. The lowest BCUT2D eigenvalue weighted by Gasteiger charge is -2.07. The fourth-order valence-electron chi connectivity index (χ4n) is 2.93.